The standard InChI is InChI=1S/C11H13ClO5S/c1-16-10-6-8(7-13)5-9(12)11(10)17-3-4-18(2,14)15/h5-7H,3-4H2,1-2H3. The minimum absolute atomic E-state index is 0.0324. The van der Waals surface area contributed by atoms with E-state index in [1.807, 2.05) is 0 Å². The lowest BCUT2D eigenvalue weighted by Crippen LogP contribution is -2.12. The van der Waals surface area contributed by atoms with E-state index < -0.39 is 9.84 Å². The van der Waals surface area contributed by atoms with Crippen molar-refractivity contribution >= 4 is 27.7 Å². The van der Waals surface area contributed by atoms with Gasteiger partial charge in [-0.2, -0.15) is 0 Å². The zero-order valence-electron chi connectivity index (χ0n) is 9.97. The molecule has 0 atom stereocenters. The Morgan fingerprint density at radius 2 is 2.06 bits per heavy atom. The Balaban J connectivity index is 2.91. The Bertz CT molecular complexity index is 539. The molecule has 0 heterocycles. The summed E-state index contributed by atoms with van der Waals surface area (Å²) in [6.07, 6.45) is 1.75. The van der Waals surface area contributed by atoms with E-state index in [4.69, 9.17) is 21.1 Å². The molecule has 5 nitrogen and oxygen atoms in total. The number of halogens is 1. The molecule has 100 valence electrons. The van der Waals surface area contributed by atoms with Crippen molar-refractivity contribution in [2.24, 2.45) is 0 Å². The highest BCUT2D eigenvalue weighted by Crippen LogP contribution is 2.35. The highest BCUT2D eigenvalue weighted by Gasteiger charge is 2.13. The monoisotopic (exact) mass is 292 g/mol. The molecular formula is C11H13ClO5S. The van der Waals surface area contributed by atoms with Gasteiger partial charge in [-0.1, -0.05) is 11.6 Å². The van der Waals surface area contributed by atoms with Crippen molar-refractivity contribution in [1.82, 2.24) is 0 Å². The molecule has 0 saturated heterocycles. The predicted molar refractivity (Wildman–Crippen MR) is 68.6 cm³/mol. The van der Waals surface area contributed by atoms with Crippen molar-refractivity contribution in [3.8, 4) is 11.5 Å². The van der Waals surface area contributed by atoms with E-state index in [2.05, 4.69) is 0 Å². The van der Waals surface area contributed by atoms with Gasteiger partial charge in [-0.05, 0) is 12.1 Å². The molecule has 0 bridgehead atoms. The summed E-state index contributed by atoms with van der Waals surface area (Å²) >= 11 is 5.93. The lowest BCUT2D eigenvalue weighted by molar-refractivity contribution is 0.112. The fourth-order valence-corrected chi connectivity index (χ4v) is 1.90. The Morgan fingerprint density at radius 1 is 1.39 bits per heavy atom. The average molecular weight is 293 g/mol. The molecule has 0 N–H and O–H groups in total. The molecule has 0 amide bonds. The lowest BCUT2D eigenvalue weighted by atomic mass is 10.2. The first-order valence-corrected chi connectivity index (χ1v) is 7.44. The van der Waals surface area contributed by atoms with Crippen LogP contribution in [0.3, 0.4) is 0 Å². The van der Waals surface area contributed by atoms with Crippen LogP contribution in [-0.2, 0) is 9.84 Å². The zero-order chi connectivity index (χ0) is 13.8. The van der Waals surface area contributed by atoms with E-state index in [-0.39, 0.29) is 28.9 Å². The Hall–Kier alpha value is -1.27. The molecule has 1 aromatic rings. The average Bonchev–Trinajstić information content (AvgIpc) is 2.29. The van der Waals surface area contributed by atoms with Crippen LogP contribution in [0.25, 0.3) is 0 Å². The van der Waals surface area contributed by atoms with E-state index >= 15 is 0 Å². The minimum Gasteiger partial charge on any atom is -0.493 e. The van der Waals surface area contributed by atoms with Crippen molar-refractivity contribution in [3.05, 3.63) is 22.7 Å². The van der Waals surface area contributed by atoms with Gasteiger partial charge in [-0.25, -0.2) is 8.42 Å². The van der Waals surface area contributed by atoms with Crippen LogP contribution >= 0.6 is 11.6 Å². The molecule has 0 spiro atoms. The molecule has 1 aromatic carbocycles. The van der Waals surface area contributed by atoms with Gasteiger partial charge in [0.1, 0.15) is 12.9 Å². The number of carbonyl (C=O) groups is 1. The topological polar surface area (TPSA) is 69.7 Å². The van der Waals surface area contributed by atoms with Crippen LogP contribution in [0.2, 0.25) is 5.02 Å². The summed E-state index contributed by atoms with van der Waals surface area (Å²) in [6, 6.07) is 2.89. The molecule has 0 fully saturated rings. The van der Waals surface area contributed by atoms with Crippen molar-refractivity contribution in [1.29, 1.82) is 0 Å². The smallest absolute Gasteiger partial charge is 0.179 e. The number of hydrogen-bond donors (Lipinski definition) is 0. The molecule has 0 unspecified atom stereocenters. The van der Waals surface area contributed by atoms with Gasteiger partial charge in [0.2, 0.25) is 0 Å². The Kier molecular flexibility index (Phi) is 4.98. The summed E-state index contributed by atoms with van der Waals surface area (Å²) in [5.41, 5.74) is 0.354. The van der Waals surface area contributed by atoms with Crippen molar-refractivity contribution in [2.45, 2.75) is 0 Å². The Morgan fingerprint density at radius 3 is 2.56 bits per heavy atom. The molecule has 18 heavy (non-hydrogen) atoms. The third-order valence-electron chi connectivity index (χ3n) is 2.09. The number of ether oxygens (including phenoxy) is 2. The van der Waals surface area contributed by atoms with Crippen LogP contribution in [0.1, 0.15) is 10.4 Å². The van der Waals surface area contributed by atoms with Crippen molar-refractivity contribution < 1.29 is 22.7 Å². The van der Waals surface area contributed by atoms with Gasteiger partial charge in [0.25, 0.3) is 0 Å². The first kappa shape index (κ1) is 14.8. The van der Waals surface area contributed by atoms with Gasteiger partial charge in [-0.15, -0.1) is 0 Å². The van der Waals surface area contributed by atoms with Crippen molar-refractivity contribution in [2.75, 3.05) is 25.7 Å². The van der Waals surface area contributed by atoms with Crippen LogP contribution < -0.4 is 9.47 Å². The molecule has 0 saturated carbocycles. The van der Waals surface area contributed by atoms with E-state index in [1.165, 1.54) is 19.2 Å². The summed E-state index contributed by atoms with van der Waals surface area (Å²) in [4.78, 5) is 10.6. The van der Waals surface area contributed by atoms with Gasteiger partial charge in [0.15, 0.2) is 21.3 Å². The second-order valence-electron chi connectivity index (χ2n) is 3.63. The number of carbonyl (C=O) groups excluding carboxylic acids is 1. The number of rotatable bonds is 6. The van der Waals surface area contributed by atoms with Crippen LogP contribution in [0, 0.1) is 0 Å². The van der Waals surface area contributed by atoms with E-state index in [9.17, 15) is 13.2 Å². The Labute approximate surface area is 111 Å². The van der Waals surface area contributed by atoms with Crippen LogP contribution in [0.4, 0.5) is 0 Å². The third-order valence-corrected chi connectivity index (χ3v) is 3.28. The molecule has 0 aliphatic heterocycles. The summed E-state index contributed by atoms with van der Waals surface area (Å²) in [7, 11) is -1.70. The number of benzene rings is 1. The fourth-order valence-electron chi connectivity index (χ4n) is 1.24. The van der Waals surface area contributed by atoms with Crippen molar-refractivity contribution in [3.63, 3.8) is 0 Å². The molecule has 7 heteroatoms. The predicted octanol–water partition coefficient (Wildman–Crippen LogP) is 1.58. The number of hydrogen-bond acceptors (Lipinski definition) is 5. The van der Waals surface area contributed by atoms with Gasteiger partial charge in [0, 0.05) is 11.8 Å². The summed E-state index contributed by atoms with van der Waals surface area (Å²) in [5.74, 6) is 0.397. The van der Waals surface area contributed by atoms with Crippen LogP contribution in [-0.4, -0.2) is 40.4 Å². The summed E-state index contributed by atoms with van der Waals surface area (Å²) in [6.45, 7) is -0.0324. The second kappa shape index (κ2) is 6.06. The van der Waals surface area contributed by atoms with E-state index in [0.29, 0.717) is 11.8 Å². The summed E-state index contributed by atoms with van der Waals surface area (Å²) in [5, 5.41) is 0.199. The maximum atomic E-state index is 11.0. The highest BCUT2D eigenvalue weighted by molar-refractivity contribution is 7.90. The minimum atomic E-state index is -3.10. The molecule has 0 radical (unpaired) electrons. The molecule has 0 aliphatic rings. The molecule has 1 rings (SSSR count). The van der Waals surface area contributed by atoms with E-state index in [0.717, 1.165) is 6.26 Å². The number of methoxy groups -OCH3 is 1. The lowest BCUT2D eigenvalue weighted by Gasteiger charge is -2.12. The normalized spacial score (nSPS) is 11.1. The van der Waals surface area contributed by atoms with Crippen LogP contribution in [0.5, 0.6) is 11.5 Å². The van der Waals surface area contributed by atoms with Gasteiger partial charge in [-0.3, -0.25) is 4.79 Å². The third kappa shape index (κ3) is 4.19. The maximum absolute atomic E-state index is 11.0. The quantitative estimate of drug-likeness (QED) is 0.745. The largest absolute Gasteiger partial charge is 0.493 e. The SMILES string of the molecule is COc1cc(C=O)cc(Cl)c1OCCS(C)(=O)=O. The number of aldehydes is 1. The second-order valence-corrected chi connectivity index (χ2v) is 6.30. The van der Waals surface area contributed by atoms with Crippen LogP contribution in [0.15, 0.2) is 12.1 Å². The first-order valence-electron chi connectivity index (χ1n) is 5.00. The maximum Gasteiger partial charge on any atom is 0.179 e. The van der Waals surface area contributed by atoms with Gasteiger partial charge in [0.05, 0.1) is 17.9 Å². The molecule has 0 aromatic heterocycles. The summed E-state index contributed by atoms with van der Waals surface area (Å²) < 4.78 is 32.3. The van der Waals surface area contributed by atoms with Gasteiger partial charge < -0.3 is 9.47 Å². The first-order chi connectivity index (χ1) is 8.37. The highest BCUT2D eigenvalue weighted by atomic mass is 35.5. The van der Waals surface area contributed by atoms with Gasteiger partial charge >= 0.3 is 0 Å². The zero-order valence-corrected chi connectivity index (χ0v) is 11.5. The van der Waals surface area contributed by atoms with E-state index in [1.54, 1.807) is 0 Å². The molecule has 0 aliphatic carbocycles. The molecular weight excluding hydrogens is 280 g/mol. The number of sulfone groups is 1. The fraction of sp³-hybridized carbons (Fsp3) is 0.364.